The molecule has 0 aliphatic carbocycles. The van der Waals surface area contributed by atoms with E-state index >= 15 is 0 Å². The Balaban J connectivity index is 2.36. The lowest BCUT2D eigenvalue weighted by molar-refractivity contribution is -0.116. The molecular weight excluding hydrogens is 282 g/mol. The summed E-state index contributed by atoms with van der Waals surface area (Å²) in [5, 5.41) is 2.94. The number of carbonyl (C=O) groups is 1. The number of carbonyl (C=O) groups excluding carboxylic acids is 1. The minimum atomic E-state index is 0.0506. The standard InChI is InChI=1S/C16H27N3OS/c1-12(11-21-4)19(3)10-6-9-16(20)18-15-8-5-7-14(17)13(15)2/h5,7-8,12H,6,9-11,17H2,1-4H3,(H,18,20). The zero-order chi connectivity index (χ0) is 15.8. The average Bonchev–Trinajstić information content (AvgIpc) is 2.44. The minimum Gasteiger partial charge on any atom is -0.398 e. The number of nitrogens with zero attached hydrogens (tertiary/aromatic N) is 1. The van der Waals surface area contributed by atoms with Crippen LogP contribution in [0.2, 0.25) is 0 Å². The Morgan fingerprint density at radius 3 is 2.86 bits per heavy atom. The van der Waals surface area contributed by atoms with Gasteiger partial charge in [-0.2, -0.15) is 11.8 Å². The fourth-order valence-corrected chi connectivity index (χ4v) is 2.82. The second-order valence-electron chi connectivity index (χ2n) is 5.46. The van der Waals surface area contributed by atoms with Crippen LogP contribution in [0.15, 0.2) is 18.2 Å². The van der Waals surface area contributed by atoms with Gasteiger partial charge in [0.05, 0.1) is 0 Å². The number of benzene rings is 1. The van der Waals surface area contributed by atoms with Crippen molar-refractivity contribution in [1.82, 2.24) is 4.90 Å². The number of nitrogens with one attached hydrogen (secondary N) is 1. The summed E-state index contributed by atoms with van der Waals surface area (Å²) in [6.45, 7) is 5.07. The molecule has 118 valence electrons. The molecule has 0 aliphatic rings. The molecule has 21 heavy (non-hydrogen) atoms. The number of hydrogen-bond donors (Lipinski definition) is 2. The summed E-state index contributed by atoms with van der Waals surface area (Å²) in [7, 11) is 2.11. The van der Waals surface area contributed by atoms with Crippen LogP contribution < -0.4 is 11.1 Å². The highest BCUT2D eigenvalue weighted by Gasteiger charge is 2.10. The van der Waals surface area contributed by atoms with E-state index in [1.54, 1.807) is 0 Å². The van der Waals surface area contributed by atoms with E-state index in [1.807, 2.05) is 36.9 Å². The third-order valence-electron chi connectivity index (χ3n) is 3.72. The molecule has 1 unspecified atom stereocenters. The van der Waals surface area contributed by atoms with Gasteiger partial charge in [-0.15, -0.1) is 0 Å². The maximum absolute atomic E-state index is 12.0. The molecule has 1 rings (SSSR count). The van der Waals surface area contributed by atoms with Gasteiger partial charge in [-0.1, -0.05) is 6.07 Å². The highest BCUT2D eigenvalue weighted by molar-refractivity contribution is 7.98. The molecule has 5 heteroatoms. The molecule has 0 saturated carbocycles. The Bertz CT molecular complexity index is 465. The van der Waals surface area contributed by atoms with E-state index in [9.17, 15) is 4.79 Å². The quantitative estimate of drug-likeness (QED) is 0.725. The van der Waals surface area contributed by atoms with E-state index in [-0.39, 0.29) is 5.91 Å². The molecule has 1 amide bonds. The third kappa shape index (κ3) is 5.98. The zero-order valence-corrected chi connectivity index (χ0v) is 14.3. The molecule has 3 N–H and O–H groups in total. The highest BCUT2D eigenvalue weighted by atomic mass is 32.2. The minimum absolute atomic E-state index is 0.0506. The van der Waals surface area contributed by atoms with Gasteiger partial charge in [-0.05, 0) is 57.8 Å². The summed E-state index contributed by atoms with van der Waals surface area (Å²) in [5.74, 6) is 1.17. The Labute approximate surface area is 132 Å². The van der Waals surface area contributed by atoms with Crippen LogP contribution in [0.4, 0.5) is 11.4 Å². The number of anilines is 2. The molecule has 0 aromatic heterocycles. The molecule has 0 aliphatic heterocycles. The summed E-state index contributed by atoms with van der Waals surface area (Å²) in [6, 6.07) is 6.12. The van der Waals surface area contributed by atoms with Crippen LogP contribution >= 0.6 is 11.8 Å². The maximum atomic E-state index is 12.0. The van der Waals surface area contributed by atoms with Gasteiger partial charge in [0.25, 0.3) is 0 Å². The van der Waals surface area contributed by atoms with Crippen LogP contribution in [0.1, 0.15) is 25.3 Å². The number of amides is 1. The van der Waals surface area contributed by atoms with E-state index < -0.39 is 0 Å². The van der Waals surface area contributed by atoms with Crippen molar-refractivity contribution >= 4 is 29.0 Å². The van der Waals surface area contributed by atoms with E-state index in [0.29, 0.717) is 18.2 Å². The van der Waals surface area contributed by atoms with Crippen LogP contribution in [-0.4, -0.2) is 42.4 Å². The second kappa shape index (κ2) is 8.95. The molecular formula is C16H27N3OS. The van der Waals surface area contributed by atoms with Crippen molar-refractivity contribution in [2.75, 3.05) is 36.7 Å². The third-order valence-corrected chi connectivity index (χ3v) is 4.54. The Hall–Kier alpha value is -1.20. The molecule has 1 aromatic rings. The monoisotopic (exact) mass is 309 g/mol. The number of hydrogen-bond acceptors (Lipinski definition) is 4. The molecule has 1 aromatic carbocycles. The summed E-state index contributed by atoms with van der Waals surface area (Å²) >= 11 is 1.85. The lowest BCUT2D eigenvalue weighted by atomic mass is 10.1. The smallest absolute Gasteiger partial charge is 0.224 e. The Morgan fingerprint density at radius 1 is 1.48 bits per heavy atom. The number of rotatable bonds is 8. The summed E-state index contributed by atoms with van der Waals surface area (Å²) in [5.41, 5.74) is 8.28. The SMILES string of the molecule is CSCC(C)N(C)CCCC(=O)Nc1cccc(N)c1C. The van der Waals surface area contributed by atoms with E-state index in [0.717, 1.165) is 30.0 Å². The van der Waals surface area contributed by atoms with Crippen LogP contribution in [0.25, 0.3) is 0 Å². The van der Waals surface area contributed by atoms with Crippen molar-refractivity contribution in [2.45, 2.75) is 32.7 Å². The number of thioether (sulfide) groups is 1. The number of nitrogens with two attached hydrogens (primary N) is 1. The summed E-state index contributed by atoms with van der Waals surface area (Å²) < 4.78 is 0. The van der Waals surface area contributed by atoms with Crippen LogP contribution in [-0.2, 0) is 4.79 Å². The molecule has 0 bridgehead atoms. The second-order valence-corrected chi connectivity index (χ2v) is 6.37. The highest BCUT2D eigenvalue weighted by Crippen LogP contribution is 2.20. The van der Waals surface area contributed by atoms with Gasteiger partial charge in [-0.3, -0.25) is 4.79 Å². The van der Waals surface area contributed by atoms with E-state index in [4.69, 9.17) is 5.73 Å². The van der Waals surface area contributed by atoms with Crippen molar-refractivity contribution in [2.24, 2.45) is 0 Å². The molecule has 0 radical (unpaired) electrons. The van der Waals surface area contributed by atoms with Crippen molar-refractivity contribution in [3.8, 4) is 0 Å². The van der Waals surface area contributed by atoms with Crippen LogP contribution in [0.3, 0.4) is 0 Å². The molecule has 0 fully saturated rings. The maximum Gasteiger partial charge on any atom is 0.224 e. The molecule has 0 saturated heterocycles. The van der Waals surface area contributed by atoms with E-state index in [1.165, 1.54) is 0 Å². The van der Waals surface area contributed by atoms with Crippen LogP contribution in [0, 0.1) is 6.92 Å². The van der Waals surface area contributed by atoms with Crippen LogP contribution in [0.5, 0.6) is 0 Å². The molecule has 0 spiro atoms. The lowest BCUT2D eigenvalue weighted by Gasteiger charge is -2.23. The fourth-order valence-electron chi connectivity index (χ4n) is 2.08. The van der Waals surface area contributed by atoms with Gasteiger partial charge in [0.1, 0.15) is 0 Å². The van der Waals surface area contributed by atoms with Crippen molar-refractivity contribution in [3.63, 3.8) is 0 Å². The first-order chi connectivity index (χ1) is 9.95. The zero-order valence-electron chi connectivity index (χ0n) is 13.5. The first kappa shape index (κ1) is 17.9. The van der Waals surface area contributed by atoms with Crippen molar-refractivity contribution in [3.05, 3.63) is 23.8 Å². The van der Waals surface area contributed by atoms with Gasteiger partial charge in [0.2, 0.25) is 5.91 Å². The largest absolute Gasteiger partial charge is 0.398 e. The molecule has 1 atom stereocenters. The topological polar surface area (TPSA) is 58.4 Å². The fraction of sp³-hybridized carbons (Fsp3) is 0.562. The Kier molecular flexibility index (Phi) is 7.61. The van der Waals surface area contributed by atoms with Gasteiger partial charge in [0, 0.05) is 29.6 Å². The van der Waals surface area contributed by atoms with Gasteiger partial charge in [-0.25, -0.2) is 0 Å². The summed E-state index contributed by atoms with van der Waals surface area (Å²) in [4.78, 5) is 14.3. The normalized spacial score (nSPS) is 12.4. The van der Waals surface area contributed by atoms with Gasteiger partial charge in [0.15, 0.2) is 0 Å². The number of nitrogen functional groups attached to an aromatic ring is 1. The molecule has 0 heterocycles. The first-order valence-electron chi connectivity index (χ1n) is 7.29. The van der Waals surface area contributed by atoms with Gasteiger partial charge >= 0.3 is 0 Å². The molecule has 4 nitrogen and oxygen atoms in total. The Morgan fingerprint density at radius 2 is 2.19 bits per heavy atom. The van der Waals surface area contributed by atoms with Gasteiger partial charge < -0.3 is 16.0 Å². The predicted octanol–water partition coefficient (Wildman–Crippen LogP) is 2.98. The predicted molar refractivity (Wildman–Crippen MR) is 93.9 cm³/mol. The lowest BCUT2D eigenvalue weighted by Crippen LogP contribution is -2.32. The average molecular weight is 309 g/mol. The van der Waals surface area contributed by atoms with E-state index in [2.05, 4.69) is 30.4 Å². The van der Waals surface area contributed by atoms with Crippen molar-refractivity contribution < 1.29 is 4.79 Å². The summed E-state index contributed by atoms with van der Waals surface area (Å²) in [6.07, 6.45) is 3.51. The van der Waals surface area contributed by atoms with Crippen molar-refractivity contribution in [1.29, 1.82) is 0 Å². The first-order valence-corrected chi connectivity index (χ1v) is 8.69.